The van der Waals surface area contributed by atoms with Crippen molar-refractivity contribution in [3.8, 4) is 11.3 Å². The molecule has 35 heavy (non-hydrogen) atoms. The van der Waals surface area contributed by atoms with E-state index in [1.165, 1.54) is 17.7 Å². The van der Waals surface area contributed by atoms with Crippen LogP contribution < -0.4 is 5.32 Å². The van der Waals surface area contributed by atoms with Gasteiger partial charge in [0.25, 0.3) is 5.91 Å². The Morgan fingerprint density at radius 1 is 1.00 bits per heavy atom. The number of nitrogens with zero attached hydrogens (tertiary/aromatic N) is 3. The molecule has 2 heterocycles. The molecule has 0 bridgehead atoms. The summed E-state index contributed by atoms with van der Waals surface area (Å²) in [5.74, 6) is 1.20. The summed E-state index contributed by atoms with van der Waals surface area (Å²) in [6.07, 6.45) is -0.667. The van der Waals surface area contributed by atoms with Gasteiger partial charge in [0.05, 0.1) is 6.54 Å². The third-order valence-electron chi connectivity index (χ3n) is 6.28. The van der Waals surface area contributed by atoms with E-state index in [9.17, 15) is 9.18 Å². The Hall–Kier alpha value is -3.97. The van der Waals surface area contributed by atoms with E-state index >= 15 is 0 Å². The van der Waals surface area contributed by atoms with Gasteiger partial charge in [0.2, 0.25) is 0 Å². The van der Waals surface area contributed by atoms with Gasteiger partial charge < -0.3 is 19.5 Å². The molecule has 0 saturated heterocycles. The Kier molecular flexibility index (Phi) is 6.33. The van der Waals surface area contributed by atoms with Gasteiger partial charge in [-0.05, 0) is 48.9 Å². The van der Waals surface area contributed by atoms with Crippen molar-refractivity contribution >= 4 is 17.4 Å². The van der Waals surface area contributed by atoms with Crippen molar-refractivity contribution in [2.45, 2.75) is 26.1 Å². The maximum absolute atomic E-state index is 13.6. The SMILES string of the molecule is CO[C@@H](C(=O)N1CCn2c(nc(-c3ccc(F)cc3)c2Nc2ccc(C)cc2)C1)c1ccccc1. The number of benzene rings is 3. The second-order valence-electron chi connectivity index (χ2n) is 8.66. The average Bonchev–Trinajstić information content (AvgIpc) is 3.24. The number of hydrogen-bond donors (Lipinski definition) is 1. The lowest BCUT2D eigenvalue weighted by Crippen LogP contribution is -2.41. The van der Waals surface area contributed by atoms with Crippen LogP contribution in [0.15, 0.2) is 78.9 Å². The highest BCUT2D eigenvalue weighted by atomic mass is 19.1. The van der Waals surface area contributed by atoms with Crippen LogP contribution in [0.2, 0.25) is 0 Å². The Morgan fingerprint density at radius 2 is 1.71 bits per heavy atom. The maximum Gasteiger partial charge on any atom is 0.256 e. The second kappa shape index (κ2) is 9.72. The first-order valence-corrected chi connectivity index (χ1v) is 11.6. The number of aromatic nitrogens is 2. The number of ether oxygens (including phenoxy) is 1. The van der Waals surface area contributed by atoms with Crippen molar-refractivity contribution in [1.82, 2.24) is 14.5 Å². The Balaban J connectivity index is 1.48. The van der Waals surface area contributed by atoms with E-state index in [1.54, 1.807) is 24.1 Å². The molecule has 0 saturated carbocycles. The monoisotopic (exact) mass is 470 g/mol. The predicted octanol–water partition coefficient (Wildman–Crippen LogP) is 5.47. The first-order chi connectivity index (χ1) is 17.0. The number of fused-ring (bicyclic) bond motifs is 1. The molecule has 1 aliphatic rings. The molecule has 1 aromatic heterocycles. The topological polar surface area (TPSA) is 59.4 Å². The molecule has 5 rings (SSSR count). The molecule has 3 aromatic carbocycles. The molecular formula is C28H27FN4O2. The summed E-state index contributed by atoms with van der Waals surface area (Å²) in [6.45, 7) is 3.51. The molecular weight excluding hydrogens is 443 g/mol. The number of halogens is 1. The summed E-state index contributed by atoms with van der Waals surface area (Å²) in [5, 5.41) is 3.50. The van der Waals surface area contributed by atoms with Crippen LogP contribution in [-0.2, 0) is 22.6 Å². The van der Waals surface area contributed by atoms with Crippen molar-refractivity contribution in [2.75, 3.05) is 19.0 Å². The largest absolute Gasteiger partial charge is 0.367 e. The summed E-state index contributed by atoms with van der Waals surface area (Å²) in [4.78, 5) is 20.1. The van der Waals surface area contributed by atoms with Gasteiger partial charge in [-0.15, -0.1) is 0 Å². The summed E-state index contributed by atoms with van der Waals surface area (Å²) < 4.78 is 21.3. The van der Waals surface area contributed by atoms with E-state index in [0.717, 1.165) is 34.2 Å². The third-order valence-corrected chi connectivity index (χ3v) is 6.28. The van der Waals surface area contributed by atoms with Crippen LogP contribution in [0.5, 0.6) is 0 Å². The number of methoxy groups -OCH3 is 1. The Bertz CT molecular complexity index is 1320. The minimum absolute atomic E-state index is 0.0932. The molecule has 1 N–H and O–H groups in total. The van der Waals surface area contributed by atoms with Crippen LogP contribution in [-0.4, -0.2) is 34.0 Å². The van der Waals surface area contributed by atoms with Crippen LogP contribution in [0, 0.1) is 12.7 Å². The zero-order valence-electron chi connectivity index (χ0n) is 19.7. The normalized spacial score (nSPS) is 13.9. The van der Waals surface area contributed by atoms with Crippen molar-refractivity contribution in [2.24, 2.45) is 0 Å². The number of carbonyl (C=O) groups excluding carboxylic acids is 1. The zero-order chi connectivity index (χ0) is 24.4. The summed E-state index contributed by atoms with van der Waals surface area (Å²) >= 11 is 0. The van der Waals surface area contributed by atoms with Crippen molar-refractivity contribution in [1.29, 1.82) is 0 Å². The summed E-state index contributed by atoms with van der Waals surface area (Å²) in [5.41, 5.74) is 4.46. The van der Waals surface area contributed by atoms with Gasteiger partial charge in [0, 0.05) is 31.5 Å². The molecule has 7 heteroatoms. The lowest BCUT2D eigenvalue weighted by molar-refractivity contribution is -0.144. The number of nitrogens with one attached hydrogen (secondary N) is 1. The fourth-order valence-corrected chi connectivity index (χ4v) is 4.40. The van der Waals surface area contributed by atoms with Crippen LogP contribution in [0.4, 0.5) is 15.9 Å². The molecule has 6 nitrogen and oxygen atoms in total. The van der Waals surface area contributed by atoms with Gasteiger partial charge in [0.1, 0.15) is 23.2 Å². The molecule has 0 aliphatic carbocycles. The fourth-order valence-electron chi connectivity index (χ4n) is 4.40. The lowest BCUT2D eigenvalue weighted by Gasteiger charge is -2.31. The molecule has 0 spiro atoms. The van der Waals surface area contributed by atoms with Crippen LogP contribution in [0.3, 0.4) is 0 Å². The molecule has 178 valence electrons. The number of aryl methyl sites for hydroxylation is 1. The highest BCUT2D eigenvalue weighted by molar-refractivity contribution is 5.83. The zero-order valence-corrected chi connectivity index (χ0v) is 19.7. The van der Waals surface area contributed by atoms with Gasteiger partial charge in [-0.2, -0.15) is 0 Å². The predicted molar refractivity (Wildman–Crippen MR) is 134 cm³/mol. The van der Waals surface area contributed by atoms with Gasteiger partial charge in [-0.25, -0.2) is 9.37 Å². The van der Waals surface area contributed by atoms with E-state index in [-0.39, 0.29) is 11.7 Å². The van der Waals surface area contributed by atoms with E-state index in [4.69, 9.17) is 9.72 Å². The van der Waals surface area contributed by atoms with Crippen LogP contribution in [0.25, 0.3) is 11.3 Å². The van der Waals surface area contributed by atoms with E-state index in [0.29, 0.717) is 19.6 Å². The van der Waals surface area contributed by atoms with Gasteiger partial charge in [-0.3, -0.25) is 4.79 Å². The summed E-state index contributed by atoms with van der Waals surface area (Å²) in [7, 11) is 1.55. The number of rotatable bonds is 6. The minimum Gasteiger partial charge on any atom is -0.367 e. The first-order valence-electron chi connectivity index (χ1n) is 11.6. The van der Waals surface area contributed by atoms with E-state index < -0.39 is 6.10 Å². The Morgan fingerprint density at radius 3 is 2.40 bits per heavy atom. The van der Waals surface area contributed by atoms with Crippen molar-refractivity contribution in [3.63, 3.8) is 0 Å². The number of carbonyl (C=O) groups is 1. The number of imidazole rings is 1. The number of amides is 1. The smallest absolute Gasteiger partial charge is 0.256 e. The van der Waals surface area contributed by atoms with Crippen LogP contribution in [0.1, 0.15) is 23.1 Å². The summed E-state index contributed by atoms with van der Waals surface area (Å²) in [6, 6.07) is 23.9. The van der Waals surface area contributed by atoms with E-state index in [1.807, 2.05) is 61.5 Å². The molecule has 0 radical (unpaired) electrons. The first kappa shape index (κ1) is 22.8. The second-order valence-corrected chi connectivity index (χ2v) is 8.66. The standard InChI is InChI=1S/C28H27FN4O2/c1-19-8-14-23(15-9-19)30-27-25(20-10-12-22(29)13-11-20)31-24-18-32(16-17-33(24)27)28(34)26(35-2)21-6-4-3-5-7-21/h3-15,26,30H,16-18H2,1-2H3/t26-/m1/s1. The minimum atomic E-state index is -0.667. The highest BCUT2D eigenvalue weighted by Crippen LogP contribution is 2.34. The fraction of sp³-hybridized carbons (Fsp3) is 0.214. The Labute approximate surface area is 204 Å². The van der Waals surface area contributed by atoms with Gasteiger partial charge >= 0.3 is 0 Å². The molecule has 0 unspecified atom stereocenters. The molecule has 0 fully saturated rings. The molecule has 4 aromatic rings. The van der Waals surface area contributed by atoms with Gasteiger partial charge in [0.15, 0.2) is 6.10 Å². The average molecular weight is 471 g/mol. The van der Waals surface area contributed by atoms with Crippen molar-refractivity contribution in [3.05, 3.63) is 102 Å². The lowest BCUT2D eigenvalue weighted by atomic mass is 10.1. The molecule has 1 aliphatic heterocycles. The van der Waals surface area contributed by atoms with Crippen LogP contribution >= 0.6 is 0 Å². The number of hydrogen-bond acceptors (Lipinski definition) is 4. The maximum atomic E-state index is 13.6. The highest BCUT2D eigenvalue weighted by Gasteiger charge is 2.31. The third kappa shape index (κ3) is 4.68. The van der Waals surface area contributed by atoms with E-state index in [2.05, 4.69) is 9.88 Å². The quantitative estimate of drug-likeness (QED) is 0.406. The number of anilines is 2. The molecule has 1 atom stereocenters. The van der Waals surface area contributed by atoms with Crippen molar-refractivity contribution < 1.29 is 13.9 Å². The molecule has 1 amide bonds. The van der Waals surface area contributed by atoms with Gasteiger partial charge in [-0.1, -0.05) is 48.0 Å².